The van der Waals surface area contributed by atoms with E-state index in [1.807, 2.05) is 0 Å². The zero-order valence-corrected chi connectivity index (χ0v) is 8.56. The van der Waals surface area contributed by atoms with Crippen molar-refractivity contribution < 1.29 is 19.8 Å². The number of carboxylic acids is 2. The molecule has 1 rings (SSSR count). The van der Waals surface area contributed by atoms with E-state index in [1.54, 1.807) is 12.1 Å². The maximum Gasteiger partial charge on any atom is 0.336 e. The SMILES string of the molecule is O=C(O)c1ccccc1C(Br)C(=O)O. The van der Waals surface area contributed by atoms with E-state index >= 15 is 0 Å². The summed E-state index contributed by atoms with van der Waals surface area (Å²) in [5.41, 5.74) is 0.240. The highest BCUT2D eigenvalue weighted by Crippen LogP contribution is 2.26. The van der Waals surface area contributed by atoms with Gasteiger partial charge in [-0.15, -0.1) is 0 Å². The van der Waals surface area contributed by atoms with Crippen molar-refractivity contribution in [3.05, 3.63) is 35.4 Å². The van der Waals surface area contributed by atoms with E-state index < -0.39 is 16.8 Å². The molecule has 2 N–H and O–H groups in total. The summed E-state index contributed by atoms with van der Waals surface area (Å²) in [5, 5.41) is 17.5. The molecular weight excluding hydrogens is 252 g/mol. The Hall–Kier alpha value is -1.36. The fourth-order valence-corrected chi connectivity index (χ4v) is 1.45. The Labute approximate surface area is 88.3 Å². The minimum atomic E-state index is -1.13. The maximum absolute atomic E-state index is 10.7. The Bertz CT molecular complexity index is 375. The summed E-state index contributed by atoms with van der Waals surface area (Å²) in [6, 6.07) is 5.99. The van der Waals surface area contributed by atoms with Gasteiger partial charge < -0.3 is 10.2 Å². The fraction of sp³-hybridized carbons (Fsp3) is 0.111. The van der Waals surface area contributed by atoms with Crippen LogP contribution in [0.5, 0.6) is 0 Å². The molecule has 0 radical (unpaired) electrons. The van der Waals surface area contributed by atoms with Crippen LogP contribution in [0.1, 0.15) is 20.7 Å². The smallest absolute Gasteiger partial charge is 0.336 e. The Morgan fingerprint density at radius 1 is 1.21 bits per heavy atom. The third-order valence-electron chi connectivity index (χ3n) is 1.68. The standard InChI is InChI=1S/C9H7BrO4/c10-7(9(13)14)5-3-1-2-4-6(5)8(11)12/h1-4,7H,(H,11,12)(H,13,14). The van der Waals surface area contributed by atoms with Crippen LogP contribution >= 0.6 is 15.9 Å². The van der Waals surface area contributed by atoms with Crippen LogP contribution in [0.15, 0.2) is 24.3 Å². The lowest BCUT2D eigenvalue weighted by molar-refractivity contribution is -0.136. The molecule has 4 nitrogen and oxygen atoms in total. The lowest BCUT2D eigenvalue weighted by Crippen LogP contribution is -2.10. The summed E-state index contributed by atoms with van der Waals surface area (Å²) >= 11 is 2.91. The number of carbonyl (C=O) groups is 2. The third-order valence-corrected chi connectivity index (χ3v) is 2.57. The number of halogens is 1. The highest BCUT2D eigenvalue weighted by molar-refractivity contribution is 9.09. The first-order valence-electron chi connectivity index (χ1n) is 3.73. The Morgan fingerprint density at radius 2 is 1.79 bits per heavy atom. The van der Waals surface area contributed by atoms with E-state index in [0.29, 0.717) is 0 Å². The molecule has 0 aliphatic rings. The number of carboxylic acid groups (broad SMARTS) is 2. The molecule has 0 saturated carbocycles. The Kier molecular flexibility index (Phi) is 3.24. The van der Waals surface area contributed by atoms with Crippen LogP contribution < -0.4 is 0 Å². The van der Waals surface area contributed by atoms with E-state index in [2.05, 4.69) is 15.9 Å². The first-order valence-corrected chi connectivity index (χ1v) is 4.64. The molecule has 0 amide bonds. The van der Waals surface area contributed by atoms with Crippen LogP contribution in [0.4, 0.5) is 0 Å². The van der Waals surface area contributed by atoms with Crippen molar-refractivity contribution in [2.75, 3.05) is 0 Å². The molecule has 1 atom stereocenters. The van der Waals surface area contributed by atoms with Crippen LogP contribution in [0.3, 0.4) is 0 Å². The number of hydrogen-bond donors (Lipinski definition) is 2. The van der Waals surface area contributed by atoms with Gasteiger partial charge in [0.2, 0.25) is 0 Å². The summed E-state index contributed by atoms with van der Waals surface area (Å²) in [5.74, 6) is -2.25. The van der Waals surface area contributed by atoms with Crippen molar-refractivity contribution in [2.45, 2.75) is 4.83 Å². The van der Waals surface area contributed by atoms with Crippen LogP contribution in [0.25, 0.3) is 0 Å². The minimum absolute atomic E-state index is 0.00299. The predicted molar refractivity (Wildman–Crippen MR) is 52.7 cm³/mol. The molecule has 1 aromatic rings. The minimum Gasteiger partial charge on any atom is -0.480 e. The van der Waals surface area contributed by atoms with Gasteiger partial charge in [-0.1, -0.05) is 34.1 Å². The average molecular weight is 259 g/mol. The topological polar surface area (TPSA) is 74.6 Å². The highest BCUT2D eigenvalue weighted by Gasteiger charge is 2.21. The van der Waals surface area contributed by atoms with Crippen molar-refractivity contribution in [1.29, 1.82) is 0 Å². The largest absolute Gasteiger partial charge is 0.480 e. The van der Waals surface area contributed by atoms with Crippen LogP contribution in [0, 0.1) is 0 Å². The van der Waals surface area contributed by atoms with Gasteiger partial charge in [-0.3, -0.25) is 4.79 Å². The summed E-state index contributed by atoms with van der Waals surface area (Å²) < 4.78 is 0. The molecule has 0 saturated heterocycles. The van der Waals surface area contributed by atoms with Gasteiger partial charge in [-0.25, -0.2) is 4.79 Å². The van der Waals surface area contributed by atoms with Crippen molar-refractivity contribution in [3.8, 4) is 0 Å². The molecular formula is C9H7BrO4. The van der Waals surface area contributed by atoms with Gasteiger partial charge in [0.05, 0.1) is 5.56 Å². The molecule has 5 heteroatoms. The second-order valence-corrected chi connectivity index (χ2v) is 3.51. The molecule has 0 fully saturated rings. The number of aliphatic carboxylic acids is 1. The lowest BCUT2D eigenvalue weighted by atomic mass is 10.1. The highest BCUT2D eigenvalue weighted by atomic mass is 79.9. The molecule has 14 heavy (non-hydrogen) atoms. The van der Waals surface area contributed by atoms with Crippen molar-refractivity contribution in [3.63, 3.8) is 0 Å². The number of aromatic carboxylic acids is 1. The summed E-state index contributed by atoms with van der Waals surface area (Å²) in [6.45, 7) is 0. The molecule has 0 aliphatic carbocycles. The summed E-state index contributed by atoms with van der Waals surface area (Å²) in [4.78, 5) is 20.4. The van der Waals surface area contributed by atoms with Gasteiger partial charge in [-0.05, 0) is 11.6 Å². The first kappa shape index (κ1) is 10.7. The van der Waals surface area contributed by atoms with Gasteiger partial charge >= 0.3 is 11.9 Å². The van der Waals surface area contributed by atoms with Crippen molar-refractivity contribution in [1.82, 2.24) is 0 Å². The molecule has 0 spiro atoms. The van der Waals surface area contributed by atoms with E-state index in [4.69, 9.17) is 10.2 Å². The normalized spacial score (nSPS) is 12.1. The predicted octanol–water partition coefficient (Wildman–Crippen LogP) is 1.91. The van der Waals surface area contributed by atoms with Gasteiger partial charge in [0.1, 0.15) is 4.83 Å². The lowest BCUT2D eigenvalue weighted by Gasteiger charge is -2.07. The zero-order valence-electron chi connectivity index (χ0n) is 6.98. The van der Waals surface area contributed by atoms with E-state index in [1.165, 1.54) is 12.1 Å². The molecule has 1 unspecified atom stereocenters. The molecule has 0 heterocycles. The summed E-state index contributed by atoms with van der Waals surface area (Å²) in [6.07, 6.45) is 0. The monoisotopic (exact) mass is 258 g/mol. The quantitative estimate of drug-likeness (QED) is 0.813. The molecule has 0 aliphatic heterocycles. The zero-order chi connectivity index (χ0) is 10.7. The van der Waals surface area contributed by atoms with Crippen LogP contribution in [-0.4, -0.2) is 22.2 Å². The third kappa shape index (κ3) is 2.11. The van der Waals surface area contributed by atoms with E-state index in [9.17, 15) is 9.59 Å². The maximum atomic E-state index is 10.7. The number of benzene rings is 1. The number of alkyl halides is 1. The van der Waals surface area contributed by atoms with Gasteiger partial charge in [0, 0.05) is 0 Å². The second kappa shape index (κ2) is 4.23. The molecule has 1 aromatic carbocycles. The molecule has 0 aromatic heterocycles. The summed E-state index contributed by atoms with van der Waals surface area (Å²) in [7, 11) is 0. The van der Waals surface area contributed by atoms with Gasteiger partial charge in [0.25, 0.3) is 0 Å². The Morgan fingerprint density at radius 3 is 2.29 bits per heavy atom. The van der Waals surface area contributed by atoms with Crippen LogP contribution in [0.2, 0.25) is 0 Å². The molecule has 0 bridgehead atoms. The number of hydrogen-bond acceptors (Lipinski definition) is 2. The fourth-order valence-electron chi connectivity index (χ4n) is 1.05. The average Bonchev–Trinajstić information content (AvgIpc) is 2.16. The van der Waals surface area contributed by atoms with Crippen molar-refractivity contribution in [2.24, 2.45) is 0 Å². The number of rotatable bonds is 3. The molecule has 74 valence electrons. The second-order valence-electron chi connectivity index (χ2n) is 2.59. The van der Waals surface area contributed by atoms with E-state index in [-0.39, 0.29) is 11.1 Å². The van der Waals surface area contributed by atoms with E-state index in [0.717, 1.165) is 0 Å². The van der Waals surface area contributed by atoms with Crippen molar-refractivity contribution >= 4 is 27.9 Å². The first-order chi connectivity index (χ1) is 6.54. The van der Waals surface area contributed by atoms with Crippen LogP contribution in [-0.2, 0) is 4.79 Å². The van der Waals surface area contributed by atoms with Gasteiger partial charge in [-0.2, -0.15) is 0 Å². The van der Waals surface area contributed by atoms with Gasteiger partial charge in [0.15, 0.2) is 0 Å². The Balaban J connectivity index is 3.19.